The van der Waals surface area contributed by atoms with Gasteiger partial charge in [-0.15, -0.1) is 0 Å². The lowest BCUT2D eigenvalue weighted by molar-refractivity contribution is 0.0696. The van der Waals surface area contributed by atoms with Crippen LogP contribution in [0.5, 0.6) is 0 Å². The van der Waals surface area contributed by atoms with Gasteiger partial charge in [0.25, 0.3) is 0 Å². The molecule has 0 saturated heterocycles. The van der Waals surface area contributed by atoms with Crippen LogP contribution in [0, 0.1) is 0 Å². The van der Waals surface area contributed by atoms with Crippen LogP contribution < -0.4 is 4.72 Å². The van der Waals surface area contributed by atoms with Crippen LogP contribution in [0.2, 0.25) is 0 Å². The molecule has 106 valence electrons. The summed E-state index contributed by atoms with van der Waals surface area (Å²) in [6, 6.07) is 5.19. The second-order valence-corrected chi connectivity index (χ2v) is 6.44. The Morgan fingerprint density at radius 3 is 2.58 bits per heavy atom. The molecule has 1 aromatic rings. The first-order valence-electron chi connectivity index (χ1n) is 5.54. The van der Waals surface area contributed by atoms with Crippen LogP contribution in [0.3, 0.4) is 0 Å². The zero-order valence-corrected chi connectivity index (χ0v) is 11.8. The Bertz CT molecular complexity index is 565. The molecule has 1 aromatic carbocycles. The minimum atomic E-state index is -3.79. The molecule has 1 rings (SSSR count). The second kappa shape index (κ2) is 5.68. The average Bonchev–Trinajstić information content (AvgIpc) is 2.27. The van der Waals surface area contributed by atoms with Crippen molar-refractivity contribution in [2.75, 3.05) is 13.7 Å². The van der Waals surface area contributed by atoms with Gasteiger partial charge in [-0.05, 0) is 32.0 Å². The van der Waals surface area contributed by atoms with E-state index in [1.165, 1.54) is 25.3 Å². The highest BCUT2D eigenvalue weighted by Gasteiger charge is 2.26. The molecule has 0 aromatic heterocycles. The molecule has 19 heavy (non-hydrogen) atoms. The Hall–Kier alpha value is -1.44. The molecule has 0 fully saturated rings. The molecule has 7 heteroatoms. The minimum absolute atomic E-state index is 0.0765. The van der Waals surface area contributed by atoms with Gasteiger partial charge in [0.05, 0.1) is 22.6 Å². The van der Waals surface area contributed by atoms with Crippen molar-refractivity contribution >= 4 is 16.0 Å². The standard InChI is InChI=1S/C12H17NO5S/c1-12(2,8-18-3)13-19(16,17)10-6-4-5-9(7-10)11(14)15/h4-7,13H,8H2,1-3H3,(H,14,15). The number of sulfonamides is 1. The quantitative estimate of drug-likeness (QED) is 0.817. The predicted molar refractivity (Wildman–Crippen MR) is 69.7 cm³/mol. The van der Waals surface area contributed by atoms with Crippen LogP contribution in [0.15, 0.2) is 29.2 Å². The van der Waals surface area contributed by atoms with E-state index in [1.54, 1.807) is 13.8 Å². The molecule has 0 aliphatic carbocycles. The topological polar surface area (TPSA) is 92.7 Å². The van der Waals surface area contributed by atoms with Crippen LogP contribution in [0.1, 0.15) is 24.2 Å². The Balaban J connectivity index is 3.07. The van der Waals surface area contributed by atoms with Crippen molar-refractivity contribution in [2.45, 2.75) is 24.3 Å². The van der Waals surface area contributed by atoms with E-state index in [2.05, 4.69) is 4.72 Å². The SMILES string of the molecule is COCC(C)(C)NS(=O)(=O)c1cccc(C(=O)O)c1. The minimum Gasteiger partial charge on any atom is -0.478 e. The first-order chi connectivity index (χ1) is 8.68. The third-order valence-corrected chi connectivity index (χ3v) is 4.00. The maximum Gasteiger partial charge on any atom is 0.335 e. The van der Waals surface area contributed by atoms with E-state index in [0.717, 1.165) is 6.07 Å². The van der Waals surface area contributed by atoms with Crippen LogP contribution in [-0.4, -0.2) is 38.7 Å². The van der Waals surface area contributed by atoms with Gasteiger partial charge in [-0.3, -0.25) is 0 Å². The van der Waals surface area contributed by atoms with Gasteiger partial charge in [0, 0.05) is 7.11 Å². The highest BCUT2D eigenvalue weighted by Crippen LogP contribution is 2.15. The zero-order chi connectivity index (χ0) is 14.7. The number of hydrogen-bond acceptors (Lipinski definition) is 4. The molecular weight excluding hydrogens is 270 g/mol. The third kappa shape index (κ3) is 4.30. The molecule has 0 radical (unpaired) electrons. The first kappa shape index (κ1) is 15.6. The lowest BCUT2D eigenvalue weighted by Crippen LogP contribution is -2.46. The number of rotatable bonds is 6. The van der Waals surface area contributed by atoms with E-state index in [1.807, 2.05) is 0 Å². The summed E-state index contributed by atoms with van der Waals surface area (Å²) in [5, 5.41) is 8.86. The average molecular weight is 287 g/mol. The molecule has 0 heterocycles. The fourth-order valence-electron chi connectivity index (χ4n) is 1.61. The van der Waals surface area contributed by atoms with Gasteiger partial charge in [0.15, 0.2) is 0 Å². The number of carboxylic acid groups (broad SMARTS) is 1. The molecule has 0 aliphatic heterocycles. The molecule has 2 N–H and O–H groups in total. The normalized spacial score (nSPS) is 12.4. The number of carboxylic acids is 1. The number of carbonyl (C=O) groups is 1. The number of ether oxygens (including phenoxy) is 1. The van der Waals surface area contributed by atoms with E-state index in [-0.39, 0.29) is 17.1 Å². The number of methoxy groups -OCH3 is 1. The highest BCUT2D eigenvalue weighted by atomic mass is 32.2. The summed E-state index contributed by atoms with van der Waals surface area (Å²) in [6.07, 6.45) is 0. The molecule has 0 amide bonds. The van der Waals surface area contributed by atoms with Crippen LogP contribution in [0.25, 0.3) is 0 Å². The number of nitrogens with one attached hydrogen (secondary N) is 1. The van der Waals surface area contributed by atoms with Crippen molar-refractivity contribution < 1.29 is 23.1 Å². The summed E-state index contributed by atoms with van der Waals surface area (Å²) in [4.78, 5) is 10.7. The lowest BCUT2D eigenvalue weighted by atomic mass is 10.1. The van der Waals surface area contributed by atoms with Crippen LogP contribution in [-0.2, 0) is 14.8 Å². The van der Waals surface area contributed by atoms with Gasteiger partial charge in [0.1, 0.15) is 0 Å². The Morgan fingerprint density at radius 1 is 1.42 bits per heavy atom. The van der Waals surface area contributed by atoms with Crippen molar-refractivity contribution in [1.29, 1.82) is 0 Å². The number of aromatic carboxylic acids is 1. The van der Waals surface area contributed by atoms with E-state index >= 15 is 0 Å². The van der Waals surface area contributed by atoms with E-state index in [9.17, 15) is 13.2 Å². The fraction of sp³-hybridized carbons (Fsp3) is 0.417. The maximum absolute atomic E-state index is 12.1. The van der Waals surface area contributed by atoms with Gasteiger partial charge >= 0.3 is 5.97 Å². The van der Waals surface area contributed by atoms with Crippen molar-refractivity contribution in [3.8, 4) is 0 Å². The van der Waals surface area contributed by atoms with Gasteiger partial charge in [-0.2, -0.15) is 0 Å². The summed E-state index contributed by atoms with van der Waals surface area (Å²) in [6.45, 7) is 3.55. The summed E-state index contributed by atoms with van der Waals surface area (Å²) >= 11 is 0. The van der Waals surface area contributed by atoms with Crippen molar-refractivity contribution in [2.24, 2.45) is 0 Å². The lowest BCUT2D eigenvalue weighted by Gasteiger charge is -2.24. The Labute approximate surface area is 112 Å². The molecular formula is C12H17NO5S. The van der Waals surface area contributed by atoms with E-state index in [0.29, 0.717) is 0 Å². The molecule has 0 aliphatic rings. The third-order valence-electron chi connectivity index (χ3n) is 2.31. The zero-order valence-electron chi connectivity index (χ0n) is 11.0. The molecule has 0 unspecified atom stereocenters. The first-order valence-corrected chi connectivity index (χ1v) is 7.02. The molecule has 0 bridgehead atoms. The van der Waals surface area contributed by atoms with Crippen molar-refractivity contribution in [1.82, 2.24) is 4.72 Å². The predicted octanol–water partition coefficient (Wildman–Crippen LogP) is 1.09. The largest absolute Gasteiger partial charge is 0.478 e. The molecule has 0 saturated carbocycles. The molecule has 0 spiro atoms. The van der Waals surface area contributed by atoms with Crippen LogP contribution >= 0.6 is 0 Å². The monoisotopic (exact) mass is 287 g/mol. The van der Waals surface area contributed by atoms with Gasteiger partial charge in [-0.1, -0.05) is 6.07 Å². The Morgan fingerprint density at radius 2 is 2.05 bits per heavy atom. The van der Waals surface area contributed by atoms with E-state index in [4.69, 9.17) is 9.84 Å². The maximum atomic E-state index is 12.1. The summed E-state index contributed by atoms with van der Waals surface area (Å²) in [5.41, 5.74) is -0.861. The van der Waals surface area contributed by atoms with Crippen molar-refractivity contribution in [3.05, 3.63) is 29.8 Å². The van der Waals surface area contributed by atoms with Gasteiger partial charge < -0.3 is 9.84 Å². The molecule has 6 nitrogen and oxygen atoms in total. The van der Waals surface area contributed by atoms with Gasteiger partial charge in [-0.25, -0.2) is 17.9 Å². The smallest absolute Gasteiger partial charge is 0.335 e. The number of benzene rings is 1. The second-order valence-electron chi connectivity index (χ2n) is 4.76. The van der Waals surface area contributed by atoms with Crippen LogP contribution in [0.4, 0.5) is 0 Å². The molecule has 0 atom stereocenters. The highest BCUT2D eigenvalue weighted by molar-refractivity contribution is 7.89. The number of hydrogen-bond donors (Lipinski definition) is 2. The van der Waals surface area contributed by atoms with E-state index < -0.39 is 21.5 Å². The summed E-state index contributed by atoms with van der Waals surface area (Å²) < 4.78 is 31.7. The van der Waals surface area contributed by atoms with Crippen molar-refractivity contribution in [3.63, 3.8) is 0 Å². The summed E-state index contributed by atoms with van der Waals surface area (Å²) in [7, 11) is -2.32. The fourth-order valence-corrected chi connectivity index (χ4v) is 3.05. The van der Waals surface area contributed by atoms with Gasteiger partial charge in [0.2, 0.25) is 10.0 Å². The Kier molecular flexibility index (Phi) is 4.67. The summed E-state index contributed by atoms with van der Waals surface area (Å²) in [5.74, 6) is -1.17.